The molecule has 1 aromatic carbocycles. The molecular formula is C19H26O12. The van der Waals surface area contributed by atoms with Gasteiger partial charge in [-0.2, -0.15) is 0 Å². The number of aliphatic hydroxyl groups excluding tert-OH is 7. The van der Waals surface area contributed by atoms with Crippen molar-refractivity contribution in [2.24, 2.45) is 0 Å². The first kappa shape index (κ1) is 23.9. The molecule has 0 aliphatic carbocycles. The lowest BCUT2D eigenvalue weighted by atomic mass is 9.99. The monoisotopic (exact) mass is 446 g/mol. The maximum absolute atomic E-state index is 12.3. The highest BCUT2D eigenvalue weighted by molar-refractivity contribution is 5.89. The molecule has 2 aliphatic heterocycles. The van der Waals surface area contributed by atoms with Crippen LogP contribution in [0.4, 0.5) is 0 Å². The molecule has 0 aromatic heterocycles. The molecule has 12 nitrogen and oxygen atoms in total. The van der Waals surface area contributed by atoms with Gasteiger partial charge < -0.3 is 54.7 Å². The number of carbonyl (C=O) groups is 1. The van der Waals surface area contributed by atoms with Crippen molar-refractivity contribution in [3.8, 4) is 0 Å². The van der Waals surface area contributed by atoms with E-state index in [0.717, 1.165) is 0 Å². The Morgan fingerprint density at radius 2 is 1.55 bits per heavy atom. The first-order valence-electron chi connectivity index (χ1n) is 9.59. The van der Waals surface area contributed by atoms with Crippen LogP contribution in [0.1, 0.15) is 10.4 Å². The van der Waals surface area contributed by atoms with Crippen LogP contribution in [0.5, 0.6) is 0 Å². The molecule has 7 N–H and O–H groups in total. The number of hydrogen-bond donors (Lipinski definition) is 7. The molecule has 0 spiro atoms. The normalized spacial score (nSPS) is 40.6. The van der Waals surface area contributed by atoms with Crippen LogP contribution in [0.3, 0.4) is 0 Å². The Balaban J connectivity index is 1.82. The molecule has 0 radical (unpaired) electrons. The average Bonchev–Trinajstić information content (AvgIpc) is 3.03. The lowest BCUT2D eigenvalue weighted by Gasteiger charge is -2.43. The maximum atomic E-state index is 12.3. The van der Waals surface area contributed by atoms with Gasteiger partial charge in [-0.25, -0.2) is 4.79 Å². The minimum absolute atomic E-state index is 0.178. The molecule has 2 saturated heterocycles. The molecule has 0 bridgehead atoms. The molecule has 12 heteroatoms. The Bertz CT molecular complexity index is 730. The Labute approximate surface area is 176 Å². The van der Waals surface area contributed by atoms with Crippen LogP contribution < -0.4 is 0 Å². The first-order chi connectivity index (χ1) is 14.7. The molecule has 31 heavy (non-hydrogen) atoms. The van der Waals surface area contributed by atoms with Crippen molar-refractivity contribution in [1.29, 1.82) is 0 Å². The topological polar surface area (TPSA) is 196 Å². The van der Waals surface area contributed by atoms with Crippen molar-refractivity contribution in [1.82, 2.24) is 0 Å². The van der Waals surface area contributed by atoms with Gasteiger partial charge in [0, 0.05) is 0 Å². The Morgan fingerprint density at radius 1 is 0.903 bits per heavy atom. The van der Waals surface area contributed by atoms with E-state index in [9.17, 15) is 40.5 Å². The summed E-state index contributed by atoms with van der Waals surface area (Å²) in [4.78, 5) is 12.3. The third-order valence-corrected chi connectivity index (χ3v) is 5.26. The predicted molar refractivity (Wildman–Crippen MR) is 98.3 cm³/mol. The number of carbonyl (C=O) groups excluding carboxylic acids is 1. The highest BCUT2D eigenvalue weighted by Crippen LogP contribution is 2.36. The van der Waals surface area contributed by atoms with E-state index in [0.29, 0.717) is 0 Å². The lowest BCUT2D eigenvalue weighted by molar-refractivity contribution is -0.383. The third-order valence-electron chi connectivity index (χ3n) is 5.26. The number of aliphatic hydroxyl groups is 7. The van der Waals surface area contributed by atoms with Gasteiger partial charge in [-0.3, -0.25) is 0 Å². The first-order valence-corrected chi connectivity index (χ1v) is 9.59. The van der Waals surface area contributed by atoms with E-state index in [-0.39, 0.29) is 5.56 Å². The van der Waals surface area contributed by atoms with Crippen LogP contribution in [0.2, 0.25) is 0 Å². The fraction of sp³-hybridized carbons (Fsp3) is 0.632. The van der Waals surface area contributed by atoms with Crippen molar-refractivity contribution in [3.63, 3.8) is 0 Å². The van der Waals surface area contributed by atoms with Gasteiger partial charge in [0.2, 0.25) is 5.79 Å². The largest absolute Gasteiger partial charge is 0.456 e. The van der Waals surface area contributed by atoms with Gasteiger partial charge >= 0.3 is 5.97 Å². The highest BCUT2D eigenvalue weighted by Gasteiger charge is 2.59. The zero-order valence-corrected chi connectivity index (χ0v) is 16.3. The molecule has 2 heterocycles. The van der Waals surface area contributed by atoms with Gasteiger partial charge in [0.1, 0.15) is 49.3 Å². The fourth-order valence-electron chi connectivity index (χ4n) is 3.44. The number of rotatable bonds is 7. The Hall–Kier alpha value is -1.71. The summed E-state index contributed by atoms with van der Waals surface area (Å²) < 4.78 is 21.4. The van der Waals surface area contributed by atoms with E-state index >= 15 is 0 Å². The Kier molecular flexibility index (Phi) is 7.59. The molecule has 1 aromatic rings. The van der Waals surface area contributed by atoms with Crippen LogP contribution in [0.15, 0.2) is 30.3 Å². The summed E-state index contributed by atoms with van der Waals surface area (Å²) in [5.74, 6) is -3.11. The lowest BCUT2D eigenvalue weighted by Crippen LogP contribution is -2.62. The molecule has 2 aliphatic rings. The quantitative estimate of drug-likeness (QED) is 0.204. The second kappa shape index (κ2) is 9.83. The zero-order valence-electron chi connectivity index (χ0n) is 16.3. The third kappa shape index (κ3) is 4.73. The maximum Gasteiger partial charge on any atom is 0.338 e. The second-order valence-corrected chi connectivity index (χ2v) is 7.34. The van der Waals surface area contributed by atoms with Crippen LogP contribution in [0.25, 0.3) is 0 Å². The van der Waals surface area contributed by atoms with Crippen molar-refractivity contribution in [2.45, 2.75) is 54.8 Å². The number of ether oxygens (including phenoxy) is 4. The second-order valence-electron chi connectivity index (χ2n) is 7.34. The van der Waals surface area contributed by atoms with Crippen LogP contribution in [-0.2, 0) is 18.9 Å². The van der Waals surface area contributed by atoms with Crippen molar-refractivity contribution in [3.05, 3.63) is 35.9 Å². The SMILES string of the molecule is O=C(OC[C@@]1(O[C@H]2O[C@H](CO)[C@@H](O)[C@H](O)[C@H]2O)O[C@H](CO)[C@@H](O)[C@@H]1O)c1ccccc1. The van der Waals surface area contributed by atoms with Crippen molar-refractivity contribution < 1.29 is 59.5 Å². The molecule has 9 atom stereocenters. The summed E-state index contributed by atoms with van der Waals surface area (Å²) in [5, 5.41) is 69.6. The minimum atomic E-state index is -2.30. The van der Waals surface area contributed by atoms with Gasteiger partial charge in [0.05, 0.1) is 18.8 Å². The van der Waals surface area contributed by atoms with E-state index in [1.807, 2.05) is 0 Å². The summed E-state index contributed by atoms with van der Waals surface area (Å²) in [7, 11) is 0. The molecule has 0 saturated carbocycles. The van der Waals surface area contributed by atoms with E-state index in [2.05, 4.69) is 0 Å². The number of esters is 1. The van der Waals surface area contributed by atoms with Gasteiger partial charge in [0.25, 0.3) is 0 Å². The van der Waals surface area contributed by atoms with E-state index in [1.165, 1.54) is 12.1 Å². The van der Waals surface area contributed by atoms with Gasteiger partial charge in [-0.1, -0.05) is 18.2 Å². The predicted octanol–water partition coefficient (Wildman–Crippen LogP) is -3.53. The molecule has 0 amide bonds. The standard InChI is InChI=1S/C19H26O12/c20-6-10-12(22)14(24)15(25)18(29-10)31-19(16(26)13(23)11(7-21)30-19)8-28-17(27)9-4-2-1-3-5-9/h1-5,10-16,18,20-26H,6-8H2/t10-,11-,12-,13-,14+,15-,16+,18-,19+/m1/s1. The van der Waals surface area contributed by atoms with Gasteiger partial charge in [0.15, 0.2) is 6.29 Å². The van der Waals surface area contributed by atoms with Crippen molar-refractivity contribution in [2.75, 3.05) is 19.8 Å². The van der Waals surface area contributed by atoms with Crippen LogP contribution >= 0.6 is 0 Å². The van der Waals surface area contributed by atoms with E-state index in [4.69, 9.17) is 18.9 Å². The summed E-state index contributed by atoms with van der Waals surface area (Å²) in [6.45, 7) is -2.23. The smallest absolute Gasteiger partial charge is 0.338 e. The van der Waals surface area contributed by atoms with Crippen LogP contribution in [0, 0.1) is 0 Å². The van der Waals surface area contributed by atoms with E-state index < -0.39 is 80.6 Å². The van der Waals surface area contributed by atoms with E-state index in [1.54, 1.807) is 18.2 Å². The summed E-state index contributed by atoms with van der Waals surface area (Å²) in [6, 6.07) is 7.84. The number of hydrogen-bond acceptors (Lipinski definition) is 12. The van der Waals surface area contributed by atoms with Crippen LogP contribution in [-0.4, -0.2) is 116 Å². The molecule has 0 unspecified atom stereocenters. The fourth-order valence-corrected chi connectivity index (χ4v) is 3.44. The zero-order chi connectivity index (χ0) is 22.8. The molecule has 3 rings (SSSR count). The molecule has 174 valence electrons. The van der Waals surface area contributed by atoms with Gasteiger partial charge in [-0.05, 0) is 12.1 Å². The van der Waals surface area contributed by atoms with Gasteiger partial charge in [-0.15, -0.1) is 0 Å². The molecular weight excluding hydrogens is 420 g/mol. The molecule has 2 fully saturated rings. The Morgan fingerprint density at radius 3 is 2.13 bits per heavy atom. The minimum Gasteiger partial charge on any atom is -0.456 e. The summed E-state index contributed by atoms with van der Waals surface area (Å²) in [5.41, 5.74) is 0.178. The number of benzene rings is 1. The summed E-state index contributed by atoms with van der Waals surface area (Å²) in [6.07, 6.45) is -13.2. The average molecular weight is 446 g/mol. The van der Waals surface area contributed by atoms with Crippen molar-refractivity contribution >= 4 is 5.97 Å². The highest BCUT2D eigenvalue weighted by atomic mass is 16.8. The summed E-state index contributed by atoms with van der Waals surface area (Å²) >= 11 is 0.